The Balaban J connectivity index is 2.96. The van der Waals surface area contributed by atoms with E-state index in [1.807, 2.05) is 6.92 Å². The summed E-state index contributed by atoms with van der Waals surface area (Å²) in [5.41, 5.74) is -0.0561. The number of carbonyl (C=O) groups excluding carboxylic acids is 1. The minimum Gasteiger partial charge on any atom is -0.326 e. The van der Waals surface area contributed by atoms with Gasteiger partial charge >= 0.3 is 0 Å². The van der Waals surface area contributed by atoms with E-state index in [0.29, 0.717) is 5.69 Å². The van der Waals surface area contributed by atoms with Gasteiger partial charge in [0.05, 0.1) is 4.90 Å². The number of nitrogens with one attached hydrogen (secondary N) is 2. The number of alkyl halides is 1. The van der Waals surface area contributed by atoms with Crippen molar-refractivity contribution in [1.82, 2.24) is 4.72 Å². The second-order valence-electron chi connectivity index (χ2n) is 5.15. The van der Waals surface area contributed by atoms with Gasteiger partial charge in [-0.25, -0.2) is 13.1 Å². The van der Waals surface area contributed by atoms with Crippen LogP contribution in [0.2, 0.25) is 0 Å². The van der Waals surface area contributed by atoms with Crippen molar-refractivity contribution in [2.24, 2.45) is 0 Å². The van der Waals surface area contributed by atoms with Crippen LogP contribution in [0.4, 0.5) is 5.69 Å². The van der Waals surface area contributed by atoms with E-state index in [-0.39, 0.29) is 15.6 Å². The quantitative estimate of drug-likeness (QED) is 0.790. The predicted octanol–water partition coefficient (Wildman–Crippen LogP) is 2.49. The van der Waals surface area contributed by atoms with Gasteiger partial charge in [0.15, 0.2) is 0 Å². The first-order chi connectivity index (χ1) is 9.04. The second kappa shape index (κ2) is 6.24. The molecule has 0 spiro atoms. The zero-order valence-corrected chi connectivity index (χ0v) is 14.3. The number of sulfonamides is 1. The molecule has 0 saturated heterocycles. The maximum Gasteiger partial charge on any atom is 0.241 e. The van der Waals surface area contributed by atoms with Crippen molar-refractivity contribution in [2.75, 3.05) is 5.32 Å². The number of rotatable bonds is 5. The van der Waals surface area contributed by atoms with Crippen molar-refractivity contribution >= 4 is 37.5 Å². The standard InChI is InChI=1S/C13H19BrN2O3S/c1-9(14)13(3,4)16-20(18,19)12-7-5-11(6-8-12)15-10(2)17/h5-9,16H,1-4H3,(H,15,17). The highest BCUT2D eigenvalue weighted by atomic mass is 79.9. The fraction of sp³-hybridized carbons (Fsp3) is 0.462. The summed E-state index contributed by atoms with van der Waals surface area (Å²) in [4.78, 5) is 11.0. The molecule has 0 heterocycles. The van der Waals surface area contributed by atoms with Crippen molar-refractivity contribution in [3.8, 4) is 0 Å². The van der Waals surface area contributed by atoms with Gasteiger partial charge in [-0.3, -0.25) is 4.79 Å². The first-order valence-electron chi connectivity index (χ1n) is 6.10. The molecule has 7 heteroatoms. The summed E-state index contributed by atoms with van der Waals surface area (Å²) in [5, 5.41) is 2.59. The smallest absolute Gasteiger partial charge is 0.241 e. The molecule has 0 aliphatic carbocycles. The molecule has 0 saturated carbocycles. The summed E-state index contributed by atoms with van der Waals surface area (Å²) in [7, 11) is -3.60. The third kappa shape index (κ3) is 4.57. The van der Waals surface area contributed by atoms with Crippen molar-refractivity contribution < 1.29 is 13.2 Å². The van der Waals surface area contributed by atoms with Gasteiger partial charge in [-0.2, -0.15) is 0 Å². The molecule has 0 radical (unpaired) electrons. The Morgan fingerprint density at radius 3 is 2.15 bits per heavy atom. The molecule has 1 amide bonds. The van der Waals surface area contributed by atoms with Gasteiger partial charge < -0.3 is 5.32 Å². The topological polar surface area (TPSA) is 75.3 Å². The summed E-state index contributed by atoms with van der Waals surface area (Å²) < 4.78 is 27.2. The summed E-state index contributed by atoms with van der Waals surface area (Å²) in [6, 6.07) is 6.03. The normalized spacial score (nSPS) is 13.8. The molecule has 0 aliphatic heterocycles. The highest BCUT2D eigenvalue weighted by molar-refractivity contribution is 9.09. The lowest BCUT2D eigenvalue weighted by atomic mass is 10.0. The van der Waals surface area contributed by atoms with Gasteiger partial charge in [0.25, 0.3) is 0 Å². The molecule has 0 bridgehead atoms. The molecule has 1 aromatic carbocycles. The Bertz CT molecular complexity index is 580. The van der Waals surface area contributed by atoms with Gasteiger partial charge in [0, 0.05) is 23.0 Å². The van der Waals surface area contributed by atoms with Crippen LogP contribution in [-0.2, 0) is 14.8 Å². The SMILES string of the molecule is CC(=O)Nc1ccc(S(=O)(=O)NC(C)(C)C(C)Br)cc1. The van der Waals surface area contributed by atoms with E-state index >= 15 is 0 Å². The number of anilines is 1. The number of hydrogen-bond donors (Lipinski definition) is 2. The molecule has 20 heavy (non-hydrogen) atoms. The van der Waals surface area contributed by atoms with E-state index in [0.717, 1.165) is 0 Å². The number of hydrogen-bond acceptors (Lipinski definition) is 3. The summed E-state index contributed by atoms with van der Waals surface area (Å²) in [5.74, 6) is -0.201. The van der Waals surface area contributed by atoms with Crippen LogP contribution in [0.3, 0.4) is 0 Å². The Hall–Kier alpha value is -0.920. The monoisotopic (exact) mass is 362 g/mol. The third-order valence-electron chi connectivity index (χ3n) is 2.88. The van der Waals surface area contributed by atoms with E-state index in [2.05, 4.69) is 26.0 Å². The van der Waals surface area contributed by atoms with Gasteiger partial charge in [0.2, 0.25) is 15.9 Å². The molecular weight excluding hydrogens is 344 g/mol. The number of amides is 1. The van der Waals surface area contributed by atoms with Crippen LogP contribution in [0.5, 0.6) is 0 Å². The fourth-order valence-electron chi connectivity index (χ4n) is 1.41. The zero-order valence-electron chi connectivity index (χ0n) is 11.9. The van der Waals surface area contributed by atoms with Gasteiger partial charge in [0.1, 0.15) is 0 Å². The lowest BCUT2D eigenvalue weighted by Gasteiger charge is -2.28. The first kappa shape index (κ1) is 17.1. The lowest BCUT2D eigenvalue weighted by molar-refractivity contribution is -0.114. The average molecular weight is 363 g/mol. The van der Waals surface area contributed by atoms with Crippen LogP contribution in [0.25, 0.3) is 0 Å². The Kier molecular flexibility index (Phi) is 5.34. The minimum absolute atomic E-state index is 0.0246. The highest BCUT2D eigenvalue weighted by Crippen LogP contribution is 2.21. The first-order valence-corrected chi connectivity index (χ1v) is 8.50. The van der Waals surface area contributed by atoms with Gasteiger partial charge in [-0.05, 0) is 38.1 Å². The Labute approximate surface area is 128 Å². The van der Waals surface area contributed by atoms with E-state index in [1.54, 1.807) is 26.0 Å². The van der Waals surface area contributed by atoms with Crippen LogP contribution in [0.15, 0.2) is 29.2 Å². The molecule has 1 rings (SSSR count). The summed E-state index contributed by atoms with van der Waals surface area (Å²) in [6.45, 7) is 6.87. The molecule has 0 aromatic heterocycles. The van der Waals surface area contributed by atoms with Crippen molar-refractivity contribution in [2.45, 2.75) is 43.0 Å². The lowest BCUT2D eigenvalue weighted by Crippen LogP contribution is -2.48. The van der Waals surface area contributed by atoms with E-state index in [1.165, 1.54) is 19.1 Å². The molecular formula is C13H19BrN2O3S. The third-order valence-corrected chi connectivity index (χ3v) is 5.71. The van der Waals surface area contributed by atoms with Crippen LogP contribution < -0.4 is 10.0 Å². The van der Waals surface area contributed by atoms with Gasteiger partial charge in [-0.1, -0.05) is 22.9 Å². The maximum absolute atomic E-state index is 12.3. The molecule has 2 N–H and O–H groups in total. The van der Waals surface area contributed by atoms with Gasteiger partial charge in [-0.15, -0.1) is 0 Å². The number of benzene rings is 1. The number of carbonyl (C=O) groups is 1. The molecule has 112 valence electrons. The van der Waals surface area contributed by atoms with E-state index in [9.17, 15) is 13.2 Å². The summed E-state index contributed by atoms with van der Waals surface area (Å²) in [6.07, 6.45) is 0. The predicted molar refractivity (Wildman–Crippen MR) is 83.5 cm³/mol. The highest BCUT2D eigenvalue weighted by Gasteiger charge is 2.30. The second-order valence-corrected chi connectivity index (χ2v) is 8.20. The van der Waals surface area contributed by atoms with E-state index < -0.39 is 15.6 Å². The molecule has 0 fully saturated rings. The van der Waals surface area contributed by atoms with Crippen LogP contribution in [0.1, 0.15) is 27.7 Å². The van der Waals surface area contributed by atoms with Crippen LogP contribution in [-0.4, -0.2) is 24.7 Å². The average Bonchev–Trinajstić information content (AvgIpc) is 2.27. The molecule has 1 aromatic rings. The fourth-order valence-corrected chi connectivity index (χ4v) is 3.15. The number of halogens is 1. The van der Waals surface area contributed by atoms with Crippen LogP contribution in [0, 0.1) is 0 Å². The molecule has 1 unspecified atom stereocenters. The molecule has 1 atom stereocenters. The maximum atomic E-state index is 12.3. The molecule has 0 aliphatic rings. The largest absolute Gasteiger partial charge is 0.326 e. The van der Waals surface area contributed by atoms with Crippen molar-refractivity contribution in [3.05, 3.63) is 24.3 Å². The minimum atomic E-state index is -3.60. The Morgan fingerprint density at radius 1 is 1.25 bits per heavy atom. The molecule has 5 nitrogen and oxygen atoms in total. The van der Waals surface area contributed by atoms with Crippen molar-refractivity contribution in [1.29, 1.82) is 0 Å². The summed E-state index contributed by atoms with van der Waals surface area (Å²) >= 11 is 3.39. The van der Waals surface area contributed by atoms with Crippen molar-refractivity contribution in [3.63, 3.8) is 0 Å². The zero-order chi connectivity index (χ0) is 15.6. The van der Waals surface area contributed by atoms with E-state index in [4.69, 9.17) is 0 Å². The Morgan fingerprint density at radius 2 is 1.75 bits per heavy atom. The van der Waals surface area contributed by atoms with Crippen LogP contribution >= 0.6 is 15.9 Å².